The van der Waals surface area contributed by atoms with E-state index in [1.165, 1.54) is 10.9 Å². The predicted molar refractivity (Wildman–Crippen MR) is 77.1 cm³/mol. The average Bonchev–Trinajstić information content (AvgIpc) is 2.41. The maximum atomic E-state index is 12.5. The highest BCUT2D eigenvalue weighted by Gasteiger charge is 2.18. The van der Waals surface area contributed by atoms with Crippen LogP contribution in [0.1, 0.15) is 42.6 Å². The number of rotatable bonds is 4. The molecule has 0 radical (unpaired) electrons. The van der Waals surface area contributed by atoms with Crippen LogP contribution in [0.4, 0.5) is 0 Å². The molecule has 0 aliphatic heterocycles. The molecule has 18 heavy (non-hydrogen) atoms. The predicted octanol–water partition coefficient (Wildman–Crippen LogP) is 4.77. The minimum Gasteiger partial charge on any atom is -0.294 e. The van der Waals surface area contributed by atoms with Gasteiger partial charge in [-0.25, -0.2) is 0 Å². The molecule has 0 spiro atoms. The summed E-state index contributed by atoms with van der Waals surface area (Å²) in [6.07, 6.45) is 1.83. The SMILES string of the molecule is CCC(CC)C(=O)c1ccc(C)c2ccccc12. The molecule has 0 unspecified atom stereocenters. The molecule has 0 atom stereocenters. The lowest BCUT2D eigenvalue weighted by Gasteiger charge is -2.14. The van der Waals surface area contributed by atoms with E-state index in [1.807, 2.05) is 18.2 Å². The summed E-state index contributed by atoms with van der Waals surface area (Å²) in [5.41, 5.74) is 2.11. The molecule has 94 valence electrons. The molecule has 0 saturated carbocycles. The average molecular weight is 240 g/mol. The van der Waals surface area contributed by atoms with Gasteiger partial charge in [-0.2, -0.15) is 0 Å². The Bertz CT molecular complexity index is 565. The molecule has 0 amide bonds. The second kappa shape index (κ2) is 5.34. The molecule has 2 rings (SSSR count). The molecule has 0 aromatic heterocycles. The number of carbonyl (C=O) groups is 1. The van der Waals surface area contributed by atoms with Crippen LogP contribution in [0.5, 0.6) is 0 Å². The van der Waals surface area contributed by atoms with E-state index in [0.717, 1.165) is 23.8 Å². The largest absolute Gasteiger partial charge is 0.294 e. The second-order valence-electron chi connectivity index (χ2n) is 4.85. The van der Waals surface area contributed by atoms with Crippen molar-refractivity contribution in [3.05, 3.63) is 47.5 Å². The third-order valence-corrected chi connectivity index (χ3v) is 3.76. The molecule has 1 nitrogen and oxygen atoms in total. The van der Waals surface area contributed by atoms with E-state index in [9.17, 15) is 4.79 Å². The van der Waals surface area contributed by atoms with Gasteiger partial charge in [0, 0.05) is 11.5 Å². The van der Waals surface area contributed by atoms with Gasteiger partial charge in [0.05, 0.1) is 0 Å². The molecule has 0 heterocycles. The van der Waals surface area contributed by atoms with Gasteiger partial charge in [-0.15, -0.1) is 0 Å². The Hall–Kier alpha value is -1.63. The third-order valence-electron chi connectivity index (χ3n) is 3.76. The monoisotopic (exact) mass is 240 g/mol. The zero-order valence-electron chi connectivity index (χ0n) is 11.4. The van der Waals surface area contributed by atoms with Crippen LogP contribution in [0.25, 0.3) is 10.8 Å². The molecule has 1 heteroatoms. The lowest BCUT2D eigenvalue weighted by molar-refractivity contribution is 0.0915. The molecule has 0 bridgehead atoms. The van der Waals surface area contributed by atoms with Gasteiger partial charge >= 0.3 is 0 Å². The van der Waals surface area contributed by atoms with Gasteiger partial charge in [0.15, 0.2) is 5.78 Å². The van der Waals surface area contributed by atoms with Crippen molar-refractivity contribution >= 4 is 16.6 Å². The molecule has 2 aromatic carbocycles. The summed E-state index contributed by atoms with van der Waals surface area (Å²) in [7, 11) is 0. The number of fused-ring (bicyclic) bond motifs is 1. The Morgan fingerprint density at radius 3 is 2.22 bits per heavy atom. The van der Waals surface area contributed by atoms with Gasteiger partial charge < -0.3 is 0 Å². The minimum absolute atomic E-state index is 0.149. The first-order valence-corrected chi connectivity index (χ1v) is 6.71. The highest BCUT2D eigenvalue weighted by Crippen LogP contribution is 2.26. The Morgan fingerprint density at radius 1 is 1.00 bits per heavy atom. The van der Waals surface area contributed by atoms with Crippen LogP contribution in [0.2, 0.25) is 0 Å². The summed E-state index contributed by atoms with van der Waals surface area (Å²) in [5.74, 6) is 0.437. The zero-order chi connectivity index (χ0) is 13.1. The van der Waals surface area contributed by atoms with Crippen molar-refractivity contribution in [1.29, 1.82) is 0 Å². The van der Waals surface area contributed by atoms with Gasteiger partial charge in [0.25, 0.3) is 0 Å². The van der Waals surface area contributed by atoms with Gasteiger partial charge in [-0.3, -0.25) is 4.79 Å². The van der Waals surface area contributed by atoms with Crippen LogP contribution in [0.15, 0.2) is 36.4 Å². The maximum absolute atomic E-state index is 12.5. The number of benzene rings is 2. The van der Waals surface area contributed by atoms with Gasteiger partial charge in [-0.05, 0) is 36.1 Å². The lowest BCUT2D eigenvalue weighted by atomic mass is 9.89. The van der Waals surface area contributed by atoms with Gasteiger partial charge in [-0.1, -0.05) is 50.2 Å². The summed E-state index contributed by atoms with van der Waals surface area (Å²) in [5, 5.41) is 2.28. The number of Topliss-reactive ketones (excluding diaryl/α,β-unsaturated/α-hetero) is 1. The highest BCUT2D eigenvalue weighted by molar-refractivity contribution is 6.09. The Kier molecular flexibility index (Phi) is 3.81. The van der Waals surface area contributed by atoms with Gasteiger partial charge in [0.2, 0.25) is 0 Å². The van der Waals surface area contributed by atoms with Crippen LogP contribution in [0.3, 0.4) is 0 Å². The molecular formula is C17H20O. The standard InChI is InChI=1S/C17H20O/c1-4-13(5-2)17(18)16-11-10-12(3)14-8-6-7-9-15(14)16/h6-11,13H,4-5H2,1-3H3. The lowest BCUT2D eigenvalue weighted by Crippen LogP contribution is -2.13. The molecule has 2 aromatic rings. The summed E-state index contributed by atoms with van der Waals surface area (Å²) >= 11 is 0. The first-order valence-electron chi connectivity index (χ1n) is 6.71. The number of ketones is 1. The van der Waals surface area contributed by atoms with E-state index in [1.54, 1.807) is 0 Å². The van der Waals surface area contributed by atoms with Crippen LogP contribution in [-0.2, 0) is 0 Å². The molecule has 0 N–H and O–H groups in total. The fourth-order valence-corrected chi connectivity index (χ4v) is 2.54. The van der Waals surface area contributed by atoms with Crippen molar-refractivity contribution in [2.45, 2.75) is 33.6 Å². The third kappa shape index (κ3) is 2.17. The van der Waals surface area contributed by atoms with Crippen LogP contribution < -0.4 is 0 Å². The normalized spacial score (nSPS) is 11.1. The Morgan fingerprint density at radius 2 is 1.61 bits per heavy atom. The fourth-order valence-electron chi connectivity index (χ4n) is 2.54. The number of carbonyl (C=O) groups excluding carboxylic acids is 1. The van der Waals surface area contributed by atoms with E-state index in [2.05, 4.69) is 39.0 Å². The number of hydrogen-bond donors (Lipinski definition) is 0. The van der Waals surface area contributed by atoms with E-state index in [4.69, 9.17) is 0 Å². The molecule has 0 aliphatic rings. The number of aryl methyl sites for hydroxylation is 1. The Balaban J connectivity index is 2.58. The van der Waals surface area contributed by atoms with Gasteiger partial charge in [0.1, 0.15) is 0 Å². The van der Waals surface area contributed by atoms with Crippen LogP contribution in [0, 0.1) is 12.8 Å². The van der Waals surface area contributed by atoms with E-state index in [0.29, 0.717) is 0 Å². The minimum atomic E-state index is 0.149. The van der Waals surface area contributed by atoms with Crippen molar-refractivity contribution in [3.8, 4) is 0 Å². The van der Waals surface area contributed by atoms with E-state index >= 15 is 0 Å². The van der Waals surface area contributed by atoms with Crippen molar-refractivity contribution in [3.63, 3.8) is 0 Å². The summed E-state index contributed by atoms with van der Waals surface area (Å²) in [6, 6.07) is 12.2. The maximum Gasteiger partial charge on any atom is 0.166 e. The van der Waals surface area contributed by atoms with E-state index in [-0.39, 0.29) is 11.7 Å². The number of hydrogen-bond acceptors (Lipinski definition) is 1. The molecule has 0 aliphatic carbocycles. The fraction of sp³-hybridized carbons (Fsp3) is 0.353. The summed E-state index contributed by atoms with van der Waals surface area (Å²) in [6.45, 7) is 6.26. The molecule has 0 fully saturated rings. The molecular weight excluding hydrogens is 220 g/mol. The van der Waals surface area contributed by atoms with Crippen LogP contribution >= 0.6 is 0 Å². The first-order chi connectivity index (χ1) is 8.69. The summed E-state index contributed by atoms with van der Waals surface area (Å²) < 4.78 is 0. The second-order valence-corrected chi connectivity index (χ2v) is 4.85. The topological polar surface area (TPSA) is 17.1 Å². The van der Waals surface area contributed by atoms with Crippen LogP contribution in [-0.4, -0.2) is 5.78 Å². The first kappa shape index (κ1) is 12.8. The van der Waals surface area contributed by atoms with Crippen molar-refractivity contribution < 1.29 is 4.79 Å². The Labute approximate surface area is 109 Å². The highest BCUT2D eigenvalue weighted by atomic mass is 16.1. The quantitative estimate of drug-likeness (QED) is 0.704. The van der Waals surface area contributed by atoms with Crippen molar-refractivity contribution in [1.82, 2.24) is 0 Å². The van der Waals surface area contributed by atoms with Crippen molar-refractivity contribution in [2.75, 3.05) is 0 Å². The van der Waals surface area contributed by atoms with E-state index < -0.39 is 0 Å². The smallest absolute Gasteiger partial charge is 0.166 e. The van der Waals surface area contributed by atoms with Crippen molar-refractivity contribution in [2.24, 2.45) is 5.92 Å². The zero-order valence-corrected chi connectivity index (χ0v) is 11.4. The molecule has 0 saturated heterocycles. The summed E-state index contributed by atoms with van der Waals surface area (Å²) in [4.78, 5) is 12.5.